The monoisotopic (exact) mass is 209 g/mol. The lowest BCUT2D eigenvalue weighted by Crippen LogP contribution is -2.44. The molecule has 3 nitrogen and oxygen atoms in total. The first-order chi connectivity index (χ1) is 7.33. The molecule has 0 bridgehead atoms. The van der Waals surface area contributed by atoms with Crippen LogP contribution in [0.25, 0.3) is 0 Å². The fourth-order valence-electron chi connectivity index (χ4n) is 2.45. The number of nitriles is 1. The number of hydrogen-bond donors (Lipinski definition) is 1. The van der Waals surface area contributed by atoms with Crippen molar-refractivity contribution in [1.29, 1.82) is 5.26 Å². The van der Waals surface area contributed by atoms with E-state index in [0.717, 1.165) is 26.1 Å². The van der Waals surface area contributed by atoms with Crippen LogP contribution >= 0.6 is 0 Å². The van der Waals surface area contributed by atoms with Gasteiger partial charge in [-0.25, -0.2) is 0 Å². The highest BCUT2D eigenvalue weighted by atomic mass is 15.2. The van der Waals surface area contributed by atoms with Crippen LogP contribution in [0, 0.1) is 11.3 Å². The normalized spacial score (nSPS) is 22.9. The second-order valence-electron chi connectivity index (χ2n) is 4.31. The minimum absolute atomic E-state index is 0.458. The average molecular weight is 209 g/mol. The largest absolute Gasteiger partial charge is 0.315 e. The van der Waals surface area contributed by atoms with Crippen LogP contribution in [0.5, 0.6) is 0 Å². The first kappa shape index (κ1) is 12.5. The number of rotatable bonds is 6. The van der Waals surface area contributed by atoms with Gasteiger partial charge in [-0.05, 0) is 32.4 Å². The molecule has 1 heterocycles. The maximum Gasteiger partial charge on any atom is 0.0638 e. The van der Waals surface area contributed by atoms with Gasteiger partial charge in [0.05, 0.1) is 12.5 Å². The minimum Gasteiger partial charge on any atom is -0.315 e. The van der Waals surface area contributed by atoms with E-state index in [1.165, 1.54) is 12.8 Å². The van der Waals surface area contributed by atoms with Crippen LogP contribution in [0.15, 0.2) is 0 Å². The third kappa shape index (κ3) is 3.48. The highest BCUT2D eigenvalue weighted by molar-refractivity contribution is 4.88. The zero-order valence-electron chi connectivity index (χ0n) is 10.00. The zero-order valence-corrected chi connectivity index (χ0v) is 10.00. The molecule has 1 saturated heterocycles. The third-order valence-corrected chi connectivity index (χ3v) is 3.25. The maximum atomic E-state index is 8.84. The Morgan fingerprint density at radius 3 is 2.80 bits per heavy atom. The smallest absolute Gasteiger partial charge is 0.0638 e. The van der Waals surface area contributed by atoms with Crippen LogP contribution in [-0.4, -0.2) is 36.6 Å². The molecule has 86 valence electrons. The summed E-state index contributed by atoms with van der Waals surface area (Å²) in [5.41, 5.74) is 0. The fraction of sp³-hybridized carbons (Fsp3) is 0.917. The van der Waals surface area contributed by atoms with E-state index in [0.29, 0.717) is 18.5 Å². The average Bonchev–Trinajstić information content (AvgIpc) is 2.76. The quantitative estimate of drug-likeness (QED) is 0.724. The van der Waals surface area contributed by atoms with Crippen molar-refractivity contribution in [3.05, 3.63) is 0 Å². The Bertz CT molecular complexity index is 203. The van der Waals surface area contributed by atoms with E-state index in [9.17, 15) is 0 Å². The van der Waals surface area contributed by atoms with Crippen molar-refractivity contribution in [1.82, 2.24) is 10.2 Å². The van der Waals surface area contributed by atoms with Crippen molar-refractivity contribution in [3.63, 3.8) is 0 Å². The molecule has 0 aromatic rings. The molecule has 3 heteroatoms. The van der Waals surface area contributed by atoms with Gasteiger partial charge in [0.2, 0.25) is 0 Å². The summed E-state index contributed by atoms with van der Waals surface area (Å²) in [6, 6.07) is 3.43. The summed E-state index contributed by atoms with van der Waals surface area (Å²) in [5, 5.41) is 12.2. The van der Waals surface area contributed by atoms with Gasteiger partial charge < -0.3 is 5.32 Å². The lowest BCUT2D eigenvalue weighted by Gasteiger charge is -2.34. The van der Waals surface area contributed by atoms with Gasteiger partial charge in [0.25, 0.3) is 0 Å². The molecule has 0 aromatic heterocycles. The molecule has 0 spiro atoms. The summed E-state index contributed by atoms with van der Waals surface area (Å²) in [5.74, 6) is 0. The molecule has 2 unspecified atom stereocenters. The second-order valence-corrected chi connectivity index (χ2v) is 4.31. The van der Waals surface area contributed by atoms with Gasteiger partial charge >= 0.3 is 0 Å². The molecule has 1 fully saturated rings. The SMILES string of the molecule is CCCN(C(CC)CC#N)C1CCNC1. The summed E-state index contributed by atoms with van der Waals surface area (Å²) < 4.78 is 0. The highest BCUT2D eigenvalue weighted by Gasteiger charge is 2.26. The van der Waals surface area contributed by atoms with Gasteiger partial charge in [0.1, 0.15) is 0 Å². The molecule has 0 saturated carbocycles. The summed E-state index contributed by atoms with van der Waals surface area (Å²) in [7, 11) is 0. The lowest BCUT2D eigenvalue weighted by atomic mass is 10.1. The topological polar surface area (TPSA) is 39.1 Å². The van der Waals surface area contributed by atoms with Crippen LogP contribution < -0.4 is 5.32 Å². The summed E-state index contributed by atoms with van der Waals surface area (Å²) in [6.45, 7) is 7.77. The molecule has 2 atom stereocenters. The summed E-state index contributed by atoms with van der Waals surface area (Å²) >= 11 is 0. The van der Waals surface area contributed by atoms with Crippen LogP contribution in [0.3, 0.4) is 0 Å². The molecule has 0 radical (unpaired) electrons. The zero-order chi connectivity index (χ0) is 11.1. The van der Waals surface area contributed by atoms with Crippen molar-refractivity contribution in [2.45, 2.75) is 51.6 Å². The highest BCUT2D eigenvalue weighted by Crippen LogP contribution is 2.17. The number of nitrogens with one attached hydrogen (secondary N) is 1. The first-order valence-electron chi connectivity index (χ1n) is 6.16. The van der Waals surface area contributed by atoms with Gasteiger partial charge in [-0.15, -0.1) is 0 Å². The van der Waals surface area contributed by atoms with Gasteiger partial charge in [-0.2, -0.15) is 5.26 Å². The number of nitrogens with zero attached hydrogens (tertiary/aromatic N) is 2. The fourth-order valence-corrected chi connectivity index (χ4v) is 2.45. The van der Waals surface area contributed by atoms with Crippen molar-refractivity contribution in [2.75, 3.05) is 19.6 Å². The standard InChI is InChI=1S/C12H23N3/c1-3-9-15(11(4-2)5-7-13)12-6-8-14-10-12/h11-12,14H,3-6,8-10H2,1-2H3. The van der Waals surface area contributed by atoms with Crippen LogP contribution in [-0.2, 0) is 0 Å². The molecular formula is C12H23N3. The molecule has 1 aliphatic heterocycles. The van der Waals surface area contributed by atoms with Gasteiger partial charge in [-0.1, -0.05) is 13.8 Å². The van der Waals surface area contributed by atoms with Crippen LogP contribution in [0.1, 0.15) is 39.5 Å². The van der Waals surface area contributed by atoms with E-state index in [1.807, 2.05) is 0 Å². The molecule has 15 heavy (non-hydrogen) atoms. The third-order valence-electron chi connectivity index (χ3n) is 3.25. The summed E-state index contributed by atoms with van der Waals surface area (Å²) in [4.78, 5) is 2.54. The Kier molecular flexibility index (Phi) is 5.67. The Morgan fingerprint density at radius 2 is 2.33 bits per heavy atom. The molecule has 0 aromatic carbocycles. The van der Waals surface area contributed by atoms with Gasteiger partial charge in [0.15, 0.2) is 0 Å². The lowest BCUT2D eigenvalue weighted by molar-refractivity contribution is 0.140. The molecule has 0 aliphatic carbocycles. The maximum absolute atomic E-state index is 8.84. The minimum atomic E-state index is 0.458. The van der Waals surface area contributed by atoms with E-state index >= 15 is 0 Å². The molecular weight excluding hydrogens is 186 g/mol. The van der Waals surface area contributed by atoms with Crippen LogP contribution in [0.4, 0.5) is 0 Å². The van der Waals surface area contributed by atoms with Crippen molar-refractivity contribution < 1.29 is 0 Å². The molecule has 1 N–H and O–H groups in total. The Balaban J connectivity index is 2.57. The second kappa shape index (κ2) is 6.81. The van der Waals surface area contributed by atoms with E-state index in [1.54, 1.807) is 0 Å². The van der Waals surface area contributed by atoms with Crippen molar-refractivity contribution >= 4 is 0 Å². The van der Waals surface area contributed by atoms with Crippen molar-refractivity contribution in [2.24, 2.45) is 0 Å². The Labute approximate surface area is 93.5 Å². The summed E-state index contributed by atoms with van der Waals surface area (Å²) in [6.07, 6.45) is 4.18. The Morgan fingerprint density at radius 1 is 1.53 bits per heavy atom. The van der Waals surface area contributed by atoms with Gasteiger partial charge in [-0.3, -0.25) is 4.90 Å². The van der Waals surface area contributed by atoms with E-state index in [4.69, 9.17) is 5.26 Å². The molecule has 1 aliphatic rings. The van der Waals surface area contributed by atoms with E-state index in [2.05, 4.69) is 30.1 Å². The van der Waals surface area contributed by atoms with E-state index in [-0.39, 0.29) is 0 Å². The van der Waals surface area contributed by atoms with Gasteiger partial charge in [0, 0.05) is 18.6 Å². The van der Waals surface area contributed by atoms with Crippen molar-refractivity contribution in [3.8, 4) is 6.07 Å². The first-order valence-corrected chi connectivity index (χ1v) is 6.16. The Hall–Kier alpha value is -0.590. The predicted molar refractivity (Wildman–Crippen MR) is 62.6 cm³/mol. The van der Waals surface area contributed by atoms with E-state index < -0.39 is 0 Å². The number of hydrogen-bond acceptors (Lipinski definition) is 3. The molecule has 0 amide bonds. The molecule has 1 rings (SSSR count). The predicted octanol–water partition coefficient (Wildman–Crippen LogP) is 1.75. The van der Waals surface area contributed by atoms with Crippen LogP contribution in [0.2, 0.25) is 0 Å².